The average Bonchev–Trinajstić information content (AvgIpc) is 2.76. The molecule has 0 aliphatic heterocycles. The van der Waals surface area contributed by atoms with E-state index in [9.17, 15) is 9.59 Å². The van der Waals surface area contributed by atoms with Crippen LogP contribution in [0.3, 0.4) is 0 Å². The smallest absolute Gasteiger partial charge is 0.346 e. The van der Waals surface area contributed by atoms with Gasteiger partial charge in [-0.25, -0.2) is 19.6 Å². The minimum Gasteiger partial charge on any atom is -0.408 e. The maximum Gasteiger partial charge on any atom is 0.346 e. The first-order chi connectivity index (χ1) is 14.7. The maximum atomic E-state index is 12.0. The lowest BCUT2D eigenvalue weighted by Gasteiger charge is -2.03. The van der Waals surface area contributed by atoms with Crippen LogP contribution in [-0.4, -0.2) is 9.97 Å². The fourth-order valence-corrected chi connectivity index (χ4v) is 3.60. The van der Waals surface area contributed by atoms with E-state index in [2.05, 4.69) is 9.97 Å². The molecule has 0 aliphatic rings. The van der Waals surface area contributed by atoms with Crippen LogP contribution in [0.4, 0.5) is 0 Å². The van der Waals surface area contributed by atoms with Crippen LogP contribution in [0.15, 0.2) is 67.0 Å². The Bertz CT molecular complexity index is 1160. The van der Waals surface area contributed by atoms with E-state index in [1.807, 2.05) is 36.4 Å². The molecule has 0 radical (unpaired) electrons. The summed E-state index contributed by atoms with van der Waals surface area (Å²) in [5.74, 6) is 1.02. The molecule has 2 aromatic carbocycles. The summed E-state index contributed by atoms with van der Waals surface area (Å²) >= 11 is 0. The van der Waals surface area contributed by atoms with Gasteiger partial charge in [0.05, 0.1) is 21.8 Å². The van der Waals surface area contributed by atoms with E-state index in [1.165, 1.54) is 0 Å². The molecule has 0 N–H and O–H groups in total. The van der Waals surface area contributed by atoms with Gasteiger partial charge in [-0.1, -0.05) is 49.9 Å². The predicted molar refractivity (Wildman–Crippen MR) is 116 cm³/mol. The molecule has 4 rings (SSSR count). The van der Waals surface area contributed by atoms with Gasteiger partial charge < -0.3 is 8.83 Å². The van der Waals surface area contributed by atoms with Gasteiger partial charge in [0, 0.05) is 12.8 Å². The standard InChI is InChI=1S/C24H24N2O4/c27-23-17-11-7-9-13-19(17)25-21(29-23)15-5-3-1-2-4-6-16-22-26-20-14-10-8-12-18(20)24(28)30-22/h7-14H,1-6,15-16H2. The summed E-state index contributed by atoms with van der Waals surface area (Å²) in [5.41, 5.74) is 0.754. The third-order valence-corrected chi connectivity index (χ3v) is 5.19. The van der Waals surface area contributed by atoms with Gasteiger partial charge in [0.25, 0.3) is 0 Å². The predicted octanol–water partition coefficient (Wildman–Crippen LogP) is 4.82. The number of unbranched alkanes of at least 4 members (excludes halogenated alkanes) is 5. The van der Waals surface area contributed by atoms with Gasteiger partial charge >= 0.3 is 11.3 Å². The van der Waals surface area contributed by atoms with Crippen LogP contribution in [0.1, 0.15) is 50.3 Å². The van der Waals surface area contributed by atoms with E-state index < -0.39 is 0 Å². The van der Waals surface area contributed by atoms with Gasteiger partial charge in [0.15, 0.2) is 11.8 Å². The molecule has 0 bridgehead atoms. The summed E-state index contributed by atoms with van der Waals surface area (Å²) in [6.07, 6.45) is 7.55. The molecule has 6 nitrogen and oxygen atoms in total. The average molecular weight is 404 g/mol. The molecule has 0 saturated heterocycles. The number of aryl methyl sites for hydroxylation is 2. The largest absolute Gasteiger partial charge is 0.408 e. The minimum atomic E-state index is -0.315. The molecule has 0 spiro atoms. The van der Waals surface area contributed by atoms with Crippen molar-refractivity contribution in [3.05, 3.63) is 81.2 Å². The number of fused-ring (bicyclic) bond motifs is 2. The molecule has 0 aliphatic carbocycles. The normalized spacial score (nSPS) is 11.3. The quantitative estimate of drug-likeness (QED) is 0.372. The fourth-order valence-electron chi connectivity index (χ4n) is 3.60. The molecule has 0 amide bonds. The van der Waals surface area contributed by atoms with E-state index >= 15 is 0 Å². The number of para-hydroxylation sites is 2. The van der Waals surface area contributed by atoms with E-state index in [-0.39, 0.29) is 11.3 Å². The Morgan fingerprint density at radius 3 is 1.43 bits per heavy atom. The molecule has 2 heterocycles. The van der Waals surface area contributed by atoms with Crippen LogP contribution in [0.25, 0.3) is 21.8 Å². The van der Waals surface area contributed by atoms with Crippen LogP contribution < -0.4 is 11.3 Å². The van der Waals surface area contributed by atoms with Gasteiger partial charge in [-0.2, -0.15) is 0 Å². The maximum absolute atomic E-state index is 12.0. The highest BCUT2D eigenvalue weighted by molar-refractivity contribution is 5.77. The highest BCUT2D eigenvalue weighted by Crippen LogP contribution is 2.13. The Kier molecular flexibility index (Phi) is 6.32. The van der Waals surface area contributed by atoms with Crippen LogP contribution in [0.5, 0.6) is 0 Å². The molecular formula is C24H24N2O4. The van der Waals surface area contributed by atoms with E-state index in [0.29, 0.717) is 46.4 Å². The van der Waals surface area contributed by atoms with Crippen molar-refractivity contribution in [2.24, 2.45) is 0 Å². The molecule has 0 atom stereocenters. The van der Waals surface area contributed by atoms with Crippen molar-refractivity contribution >= 4 is 21.8 Å². The van der Waals surface area contributed by atoms with Gasteiger partial charge in [0.2, 0.25) is 0 Å². The second-order valence-electron chi connectivity index (χ2n) is 7.45. The van der Waals surface area contributed by atoms with Gasteiger partial charge in [0.1, 0.15) is 0 Å². The topological polar surface area (TPSA) is 86.2 Å². The highest BCUT2D eigenvalue weighted by Gasteiger charge is 2.07. The van der Waals surface area contributed by atoms with Crippen LogP contribution in [0, 0.1) is 0 Å². The zero-order valence-electron chi connectivity index (χ0n) is 16.8. The first kappa shape index (κ1) is 20.0. The van der Waals surface area contributed by atoms with Crippen LogP contribution in [-0.2, 0) is 12.8 Å². The Balaban J connectivity index is 1.17. The molecule has 6 heteroatoms. The second kappa shape index (κ2) is 9.48. The van der Waals surface area contributed by atoms with Crippen molar-refractivity contribution in [3.63, 3.8) is 0 Å². The Hall–Kier alpha value is -3.28. The molecule has 0 fully saturated rings. The first-order valence-electron chi connectivity index (χ1n) is 10.5. The van der Waals surface area contributed by atoms with Crippen LogP contribution in [0.2, 0.25) is 0 Å². The third kappa shape index (κ3) is 4.82. The minimum absolute atomic E-state index is 0.315. The Morgan fingerprint density at radius 2 is 0.967 bits per heavy atom. The fraction of sp³-hybridized carbons (Fsp3) is 0.333. The molecule has 0 saturated carbocycles. The Morgan fingerprint density at radius 1 is 0.567 bits per heavy atom. The van der Waals surface area contributed by atoms with Gasteiger partial charge in [-0.15, -0.1) is 0 Å². The zero-order chi connectivity index (χ0) is 20.8. The zero-order valence-corrected chi connectivity index (χ0v) is 16.8. The molecule has 4 aromatic rings. The number of rotatable bonds is 9. The summed E-state index contributed by atoms with van der Waals surface area (Å²) in [6, 6.07) is 14.5. The van der Waals surface area contributed by atoms with Gasteiger partial charge in [-0.3, -0.25) is 0 Å². The second-order valence-corrected chi connectivity index (χ2v) is 7.45. The summed E-state index contributed by atoms with van der Waals surface area (Å²) in [7, 11) is 0. The number of benzene rings is 2. The molecule has 154 valence electrons. The molecule has 0 unspecified atom stereocenters. The number of aromatic nitrogens is 2. The molecule has 2 aromatic heterocycles. The number of hydrogen-bond acceptors (Lipinski definition) is 6. The third-order valence-electron chi connectivity index (χ3n) is 5.19. The summed E-state index contributed by atoms with van der Waals surface area (Å²) < 4.78 is 10.6. The highest BCUT2D eigenvalue weighted by atomic mass is 16.4. The summed E-state index contributed by atoms with van der Waals surface area (Å²) in [5, 5.41) is 1.05. The monoisotopic (exact) mass is 404 g/mol. The summed E-state index contributed by atoms with van der Waals surface area (Å²) in [4.78, 5) is 32.8. The lowest BCUT2D eigenvalue weighted by Crippen LogP contribution is -2.05. The van der Waals surface area contributed by atoms with E-state index in [1.54, 1.807) is 12.1 Å². The SMILES string of the molecule is O=c1oc(CCCCCCCCc2nc3ccccc3c(=O)o2)nc2ccccc12. The Labute approximate surface area is 173 Å². The van der Waals surface area contributed by atoms with Crippen LogP contribution >= 0.6 is 0 Å². The van der Waals surface area contributed by atoms with Crippen molar-refractivity contribution in [1.82, 2.24) is 9.97 Å². The number of nitrogens with zero attached hydrogens (tertiary/aromatic N) is 2. The van der Waals surface area contributed by atoms with Crippen molar-refractivity contribution in [1.29, 1.82) is 0 Å². The summed E-state index contributed by atoms with van der Waals surface area (Å²) in [6.45, 7) is 0. The van der Waals surface area contributed by atoms with E-state index in [0.717, 1.165) is 38.5 Å². The first-order valence-corrected chi connectivity index (χ1v) is 10.5. The van der Waals surface area contributed by atoms with Crippen molar-refractivity contribution in [2.45, 2.75) is 51.4 Å². The number of hydrogen-bond donors (Lipinski definition) is 0. The van der Waals surface area contributed by atoms with Crippen molar-refractivity contribution < 1.29 is 8.83 Å². The molecular weight excluding hydrogens is 380 g/mol. The van der Waals surface area contributed by atoms with Gasteiger partial charge in [-0.05, 0) is 37.1 Å². The lowest BCUT2D eigenvalue weighted by atomic mass is 10.1. The lowest BCUT2D eigenvalue weighted by molar-refractivity contribution is 0.427. The molecule has 30 heavy (non-hydrogen) atoms. The van der Waals surface area contributed by atoms with E-state index in [4.69, 9.17) is 8.83 Å². The van der Waals surface area contributed by atoms with Crippen molar-refractivity contribution in [3.8, 4) is 0 Å². The van der Waals surface area contributed by atoms with Crippen molar-refractivity contribution in [2.75, 3.05) is 0 Å².